The fourth-order valence-corrected chi connectivity index (χ4v) is 2.85. The van der Waals surface area contributed by atoms with Crippen molar-refractivity contribution in [3.63, 3.8) is 0 Å². The first kappa shape index (κ1) is 17.9. The highest BCUT2D eigenvalue weighted by atomic mass is 32.2. The number of nitro benzene ring substituents is 1. The van der Waals surface area contributed by atoms with Crippen LogP contribution >= 0.6 is 11.8 Å². The highest BCUT2D eigenvalue weighted by Crippen LogP contribution is 2.27. The highest BCUT2D eigenvalue weighted by Gasteiger charge is 2.18. The molecule has 1 heterocycles. The zero-order valence-electron chi connectivity index (χ0n) is 13.5. The number of nitrogens with zero attached hydrogens (tertiary/aromatic N) is 2. The van der Waals surface area contributed by atoms with Gasteiger partial charge in [0.2, 0.25) is 0 Å². The molecule has 1 amide bonds. The minimum absolute atomic E-state index is 0.0835. The van der Waals surface area contributed by atoms with Gasteiger partial charge in [0.05, 0.1) is 16.9 Å². The van der Waals surface area contributed by atoms with Gasteiger partial charge in [0.1, 0.15) is 11.4 Å². The summed E-state index contributed by atoms with van der Waals surface area (Å²) in [6.45, 7) is 0.480. The van der Waals surface area contributed by atoms with E-state index in [4.69, 9.17) is 4.42 Å². The number of hydrogen-bond donors (Lipinski definition) is 1. The predicted octanol–water partition coefficient (Wildman–Crippen LogP) is 2.92. The van der Waals surface area contributed by atoms with Gasteiger partial charge in [-0.1, -0.05) is 0 Å². The van der Waals surface area contributed by atoms with Crippen molar-refractivity contribution < 1.29 is 14.1 Å². The van der Waals surface area contributed by atoms with Gasteiger partial charge in [0.25, 0.3) is 11.6 Å². The van der Waals surface area contributed by atoms with Gasteiger partial charge >= 0.3 is 0 Å². The summed E-state index contributed by atoms with van der Waals surface area (Å²) in [5.74, 6) is 2.04. The molecule has 0 spiro atoms. The smallest absolute Gasteiger partial charge is 0.293 e. The lowest BCUT2D eigenvalue weighted by Crippen LogP contribution is -2.26. The summed E-state index contributed by atoms with van der Waals surface area (Å²) in [5, 5.41) is 13.9. The number of hydrogen-bond acceptors (Lipinski definition) is 6. The lowest BCUT2D eigenvalue weighted by atomic mass is 10.1. The summed E-state index contributed by atoms with van der Waals surface area (Å²) in [7, 11) is 3.44. The number of benzene rings is 1. The molecule has 0 aliphatic heterocycles. The van der Waals surface area contributed by atoms with Crippen LogP contribution < -0.4 is 10.2 Å². The summed E-state index contributed by atoms with van der Waals surface area (Å²) >= 11 is 1.64. The summed E-state index contributed by atoms with van der Waals surface area (Å²) in [4.78, 5) is 24.4. The van der Waals surface area contributed by atoms with Crippen LogP contribution in [0.3, 0.4) is 0 Å². The second-order valence-corrected chi connectivity index (χ2v) is 6.35. The number of thioether (sulfide) groups is 1. The van der Waals surface area contributed by atoms with E-state index < -0.39 is 4.92 Å². The first-order chi connectivity index (χ1) is 11.5. The maximum absolute atomic E-state index is 12.1. The van der Waals surface area contributed by atoms with E-state index in [1.807, 2.05) is 12.1 Å². The zero-order valence-corrected chi connectivity index (χ0v) is 14.3. The molecule has 2 rings (SSSR count). The third-order valence-electron chi connectivity index (χ3n) is 3.27. The number of amides is 1. The van der Waals surface area contributed by atoms with E-state index in [1.165, 1.54) is 6.07 Å². The lowest BCUT2D eigenvalue weighted by molar-refractivity contribution is -0.384. The monoisotopic (exact) mass is 349 g/mol. The highest BCUT2D eigenvalue weighted by molar-refractivity contribution is 7.98. The molecule has 1 aromatic heterocycles. The number of rotatable bonds is 8. The van der Waals surface area contributed by atoms with Crippen molar-refractivity contribution in [1.29, 1.82) is 0 Å². The Morgan fingerprint density at radius 1 is 1.38 bits per heavy atom. The second kappa shape index (κ2) is 8.39. The van der Waals surface area contributed by atoms with E-state index in [-0.39, 0.29) is 17.2 Å². The molecule has 1 aromatic carbocycles. The normalized spacial score (nSPS) is 10.4. The Balaban J connectivity index is 1.87. The standard InChI is InChI=1S/C16H19N3O4S/c1-18(2)14-6-5-12(10-15(14)19(21)22)16(20)17-7-9-24-11-13-4-3-8-23-13/h3-6,8,10H,7,9,11H2,1-2H3,(H,17,20). The maximum atomic E-state index is 12.1. The SMILES string of the molecule is CN(C)c1ccc(C(=O)NCCSCc2ccco2)cc1[N+](=O)[O-]. The third kappa shape index (κ3) is 4.76. The van der Waals surface area contributed by atoms with Crippen LogP contribution in [-0.2, 0) is 5.75 Å². The molecular formula is C16H19N3O4S. The molecule has 0 saturated carbocycles. The topological polar surface area (TPSA) is 88.6 Å². The van der Waals surface area contributed by atoms with Crippen LogP contribution in [0.5, 0.6) is 0 Å². The number of nitrogens with one attached hydrogen (secondary N) is 1. The average Bonchev–Trinajstić information content (AvgIpc) is 3.07. The van der Waals surface area contributed by atoms with E-state index in [0.29, 0.717) is 12.2 Å². The number of anilines is 1. The van der Waals surface area contributed by atoms with Gasteiger partial charge in [0, 0.05) is 38.0 Å². The quantitative estimate of drug-likeness (QED) is 0.448. The van der Waals surface area contributed by atoms with Crippen LogP contribution in [0.25, 0.3) is 0 Å². The predicted molar refractivity (Wildman–Crippen MR) is 94.6 cm³/mol. The fraction of sp³-hybridized carbons (Fsp3) is 0.312. The Kier molecular flexibility index (Phi) is 6.25. The van der Waals surface area contributed by atoms with Crippen molar-refractivity contribution in [3.8, 4) is 0 Å². The van der Waals surface area contributed by atoms with E-state index >= 15 is 0 Å². The van der Waals surface area contributed by atoms with Gasteiger partial charge < -0.3 is 14.6 Å². The molecule has 8 heteroatoms. The summed E-state index contributed by atoms with van der Waals surface area (Å²) in [5.41, 5.74) is 0.661. The molecule has 0 unspecified atom stereocenters. The first-order valence-electron chi connectivity index (χ1n) is 7.33. The number of nitro groups is 1. The van der Waals surface area contributed by atoms with Crippen LogP contribution in [0, 0.1) is 10.1 Å². The van der Waals surface area contributed by atoms with Crippen molar-refractivity contribution in [3.05, 3.63) is 58.0 Å². The molecule has 24 heavy (non-hydrogen) atoms. The van der Waals surface area contributed by atoms with Crippen molar-refractivity contribution >= 4 is 29.0 Å². The van der Waals surface area contributed by atoms with Gasteiger partial charge in [0.15, 0.2) is 0 Å². The van der Waals surface area contributed by atoms with Crippen molar-refractivity contribution in [1.82, 2.24) is 5.32 Å². The minimum atomic E-state index is -0.481. The van der Waals surface area contributed by atoms with Gasteiger partial charge in [-0.15, -0.1) is 0 Å². The van der Waals surface area contributed by atoms with E-state index in [2.05, 4.69) is 5.32 Å². The molecule has 7 nitrogen and oxygen atoms in total. The molecule has 0 fully saturated rings. The van der Waals surface area contributed by atoms with Gasteiger partial charge in [-0.3, -0.25) is 14.9 Å². The van der Waals surface area contributed by atoms with Gasteiger partial charge in [-0.25, -0.2) is 0 Å². The molecule has 0 saturated heterocycles. The average molecular weight is 349 g/mol. The third-order valence-corrected chi connectivity index (χ3v) is 4.25. The van der Waals surface area contributed by atoms with Crippen LogP contribution in [0.2, 0.25) is 0 Å². The Labute approximate surface area is 144 Å². The van der Waals surface area contributed by atoms with Crippen LogP contribution in [0.1, 0.15) is 16.1 Å². The molecule has 2 aromatic rings. The van der Waals surface area contributed by atoms with E-state index in [0.717, 1.165) is 17.3 Å². The maximum Gasteiger partial charge on any atom is 0.293 e. The van der Waals surface area contributed by atoms with Gasteiger partial charge in [-0.2, -0.15) is 11.8 Å². The first-order valence-corrected chi connectivity index (χ1v) is 8.48. The Bertz CT molecular complexity index is 701. The molecule has 0 radical (unpaired) electrons. The summed E-state index contributed by atoms with van der Waals surface area (Å²) < 4.78 is 5.22. The summed E-state index contributed by atoms with van der Waals surface area (Å²) in [6, 6.07) is 8.21. The largest absolute Gasteiger partial charge is 0.468 e. The summed E-state index contributed by atoms with van der Waals surface area (Å²) in [6.07, 6.45) is 1.63. The minimum Gasteiger partial charge on any atom is -0.468 e. The Hall–Kier alpha value is -2.48. The van der Waals surface area contributed by atoms with E-state index in [1.54, 1.807) is 49.2 Å². The Morgan fingerprint density at radius 3 is 2.79 bits per heavy atom. The van der Waals surface area contributed by atoms with Crippen molar-refractivity contribution in [2.24, 2.45) is 0 Å². The molecule has 1 N–H and O–H groups in total. The van der Waals surface area contributed by atoms with Crippen LogP contribution in [-0.4, -0.2) is 37.2 Å². The Morgan fingerprint density at radius 2 is 2.17 bits per heavy atom. The fourth-order valence-electron chi connectivity index (χ4n) is 2.10. The number of carbonyl (C=O) groups excluding carboxylic acids is 1. The van der Waals surface area contributed by atoms with Gasteiger partial charge in [-0.05, 0) is 24.3 Å². The van der Waals surface area contributed by atoms with Crippen molar-refractivity contribution in [2.45, 2.75) is 5.75 Å². The lowest BCUT2D eigenvalue weighted by Gasteiger charge is -2.13. The molecule has 0 bridgehead atoms. The molecule has 128 valence electrons. The number of carbonyl (C=O) groups is 1. The number of furan rings is 1. The van der Waals surface area contributed by atoms with Crippen molar-refractivity contribution in [2.75, 3.05) is 31.3 Å². The molecule has 0 aliphatic rings. The molecule has 0 aliphatic carbocycles. The molecule has 0 atom stereocenters. The second-order valence-electron chi connectivity index (χ2n) is 5.24. The van der Waals surface area contributed by atoms with E-state index in [9.17, 15) is 14.9 Å². The zero-order chi connectivity index (χ0) is 17.5. The molecular weight excluding hydrogens is 330 g/mol. The van der Waals surface area contributed by atoms with Crippen LogP contribution in [0.15, 0.2) is 41.0 Å². The van der Waals surface area contributed by atoms with Crippen LogP contribution in [0.4, 0.5) is 11.4 Å².